The van der Waals surface area contributed by atoms with Crippen LogP contribution in [0.2, 0.25) is 0 Å². The summed E-state index contributed by atoms with van der Waals surface area (Å²) in [4.78, 5) is 4.26. The van der Waals surface area contributed by atoms with Crippen LogP contribution in [0.15, 0.2) is 91.3 Å². The normalized spacial score (nSPS) is 15.1. The highest BCUT2D eigenvalue weighted by atomic mass is 16.5. The maximum absolute atomic E-state index is 6.15. The van der Waals surface area contributed by atoms with Crippen molar-refractivity contribution in [3.63, 3.8) is 0 Å². The number of hydrogen-bond acceptors (Lipinski definition) is 4. The van der Waals surface area contributed by atoms with E-state index < -0.39 is 0 Å². The molecule has 0 spiro atoms. The van der Waals surface area contributed by atoms with Gasteiger partial charge < -0.3 is 14.8 Å². The third-order valence-corrected chi connectivity index (χ3v) is 6.50. The molecule has 1 aromatic heterocycles. The van der Waals surface area contributed by atoms with Gasteiger partial charge in [-0.05, 0) is 71.0 Å². The van der Waals surface area contributed by atoms with Gasteiger partial charge in [0.25, 0.3) is 0 Å². The molecule has 2 heterocycles. The molecular weight excluding hydrogens is 432 g/mol. The van der Waals surface area contributed by atoms with Gasteiger partial charge >= 0.3 is 0 Å². The number of nitrogens with zero attached hydrogens (tertiary/aromatic N) is 1. The standard InChI is InChI=1S/C31H30N2O2/c1-22-10-11-25(27-9-6-15-32-20-27)17-24(22)12-13-29-28-19-30(34-2)31(18-26(28)14-16-33-29)35-21-23-7-4-3-5-8-23/h3-13,15,17-20,29,33H,14,16,21H2,1-2H3/b13-12+. The van der Waals surface area contributed by atoms with Crippen LogP contribution >= 0.6 is 0 Å². The van der Waals surface area contributed by atoms with Crippen molar-refractivity contribution < 1.29 is 9.47 Å². The molecular formula is C31H30N2O2. The molecule has 0 amide bonds. The number of rotatable bonds is 7. The first-order valence-corrected chi connectivity index (χ1v) is 12.0. The first-order valence-electron chi connectivity index (χ1n) is 12.0. The van der Waals surface area contributed by atoms with Crippen LogP contribution in [0.4, 0.5) is 0 Å². The lowest BCUT2D eigenvalue weighted by molar-refractivity contribution is 0.283. The van der Waals surface area contributed by atoms with Crippen molar-refractivity contribution in [2.75, 3.05) is 13.7 Å². The Labute approximate surface area is 207 Å². The SMILES string of the molecule is COc1cc2c(cc1OCc1ccccc1)CCNC2/C=C/c1cc(-c2cccnc2)ccc1C. The van der Waals surface area contributed by atoms with Crippen LogP contribution in [0.5, 0.6) is 11.5 Å². The van der Waals surface area contributed by atoms with Gasteiger partial charge in [-0.15, -0.1) is 0 Å². The van der Waals surface area contributed by atoms with Crippen molar-refractivity contribution in [3.8, 4) is 22.6 Å². The first-order chi connectivity index (χ1) is 17.2. The van der Waals surface area contributed by atoms with Crippen LogP contribution in [-0.4, -0.2) is 18.6 Å². The van der Waals surface area contributed by atoms with Crippen LogP contribution in [0.25, 0.3) is 17.2 Å². The van der Waals surface area contributed by atoms with Crippen molar-refractivity contribution in [2.24, 2.45) is 0 Å². The topological polar surface area (TPSA) is 43.4 Å². The Bertz CT molecular complexity index is 1320. The van der Waals surface area contributed by atoms with Gasteiger partial charge in [0, 0.05) is 24.5 Å². The number of aromatic nitrogens is 1. The number of benzene rings is 3. The fourth-order valence-electron chi connectivity index (χ4n) is 4.51. The molecule has 0 bridgehead atoms. The van der Waals surface area contributed by atoms with Crippen molar-refractivity contribution in [1.29, 1.82) is 0 Å². The van der Waals surface area contributed by atoms with Crippen LogP contribution in [0, 0.1) is 6.92 Å². The number of hydrogen-bond donors (Lipinski definition) is 1. The molecule has 1 atom stereocenters. The monoisotopic (exact) mass is 462 g/mol. The summed E-state index contributed by atoms with van der Waals surface area (Å²) < 4.78 is 11.9. The highest BCUT2D eigenvalue weighted by Crippen LogP contribution is 2.36. The molecule has 35 heavy (non-hydrogen) atoms. The molecule has 4 heteroatoms. The number of ether oxygens (including phenoxy) is 2. The van der Waals surface area contributed by atoms with E-state index in [2.05, 4.69) is 77.9 Å². The lowest BCUT2D eigenvalue weighted by atomic mass is 9.92. The van der Waals surface area contributed by atoms with Crippen LogP contribution in [0.3, 0.4) is 0 Å². The van der Waals surface area contributed by atoms with Crippen molar-refractivity contribution in [1.82, 2.24) is 10.3 Å². The van der Waals surface area contributed by atoms with E-state index in [1.165, 1.54) is 27.8 Å². The lowest BCUT2D eigenvalue weighted by Crippen LogP contribution is -2.28. The molecule has 5 rings (SSSR count). The van der Waals surface area contributed by atoms with Gasteiger partial charge in [0.05, 0.1) is 13.2 Å². The van der Waals surface area contributed by atoms with Crippen molar-refractivity contribution in [2.45, 2.75) is 26.0 Å². The van der Waals surface area contributed by atoms with Gasteiger partial charge in [-0.1, -0.05) is 60.7 Å². The van der Waals surface area contributed by atoms with Gasteiger partial charge in [0.15, 0.2) is 11.5 Å². The minimum Gasteiger partial charge on any atom is -0.493 e. The zero-order chi connectivity index (χ0) is 24.0. The molecule has 4 aromatic rings. The van der Waals surface area contributed by atoms with E-state index in [-0.39, 0.29) is 6.04 Å². The zero-order valence-electron chi connectivity index (χ0n) is 20.2. The number of pyridine rings is 1. The summed E-state index contributed by atoms with van der Waals surface area (Å²) in [6.45, 7) is 3.58. The summed E-state index contributed by atoms with van der Waals surface area (Å²) in [5.41, 5.74) is 8.40. The van der Waals surface area contributed by atoms with Crippen LogP contribution in [0.1, 0.15) is 33.9 Å². The van der Waals surface area contributed by atoms with Crippen LogP contribution in [-0.2, 0) is 13.0 Å². The van der Waals surface area contributed by atoms with Gasteiger partial charge in [-0.3, -0.25) is 4.98 Å². The summed E-state index contributed by atoms with van der Waals surface area (Å²) in [5.74, 6) is 1.55. The molecule has 3 aromatic carbocycles. The molecule has 1 aliphatic heterocycles. The van der Waals surface area contributed by atoms with E-state index in [1.807, 2.05) is 30.5 Å². The number of fused-ring (bicyclic) bond motifs is 1. The molecule has 0 saturated heterocycles. The van der Waals surface area contributed by atoms with Gasteiger partial charge in [-0.25, -0.2) is 0 Å². The fraction of sp³-hybridized carbons (Fsp3) is 0.194. The highest BCUT2D eigenvalue weighted by Gasteiger charge is 2.21. The number of methoxy groups -OCH3 is 1. The Morgan fingerprint density at radius 1 is 0.971 bits per heavy atom. The molecule has 0 radical (unpaired) electrons. The van der Waals surface area contributed by atoms with E-state index in [0.717, 1.165) is 35.6 Å². The smallest absolute Gasteiger partial charge is 0.161 e. The second kappa shape index (κ2) is 10.6. The summed E-state index contributed by atoms with van der Waals surface area (Å²) in [5, 5.41) is 3.65. The number of nitrogens with one attached hydrogen (secondary N) is 1. The van der Waals surface area contributed by atoms with E-state index in [4.69, 9.17) is 9.47 Å². The molecule has 176 valence electrons. The van der Waals surface area contributed by atoms with Gasteiger partial charge in [-0.2, -0.15) is 0 Å². The molecule has 0 aliphatic carbocycles. The maximum atomic E-state index is 6.15. The summed E-state index contributed by atoms with van der Waals surface area (Å²) in [6.07, 6.45) is 9.13. The zero-order valence-corrected chi connectivity index (χ0v) is 20.2. The van der Waals surface area contributed by atoms with E-state index >= 15 is 0 Å². The Balaban J connectivity index is 1.39. The third kappa shape index (κ3) is 5.28. The lowest BCUT2D eigenvalue weighted by Gasteiger charge is -2.26. The predicted molar refractivity (Wildman–Crippen MR) is 142 cm³/mol. The Hall–Kier alpha value is -3.89. The summed E-state index contributed by atoms with van der Waals surface area (Å²) >= 11 is 0. The Morgan fingerprint density at radius 2 is 1.86 bits per heavy atom. The summed E-state index contributed by atoms with van der Waals surface area (Å²) in [7, 11) is 1.70. The van der Waals surface area contributed by atoms with Crippen molar-refractivity contribution >= 4 is 6.08 Å². The third-order valence-electron chi connectivity index (χ3n) is 6.50. The average molecular weight is 463 g/mol. The second-order valence-electron chi connectivity index (χ2n) is 8.83. The molecule has 1 aliphatic rings. The quantitative estimate of drug-likeness (QED) is 0.338. The minimum absolute atomic E-state index is 0.109. The Kier molecular flexibility index (Phi) is 6.92. The fourth-order valence-corrected chi connectivity index (χ4v) is 4.51. The number of aryl methyl sites for hydroxylation is 1. The Morgan fingerprint density at radius 3 is 2.66 bits per heavy atom. The van der Waals surface area contributed by atoms with Gasteiger partial charge in [0.2, 0.25) is 0 Å². The first kappa shape index (κ1) is 22.9. The van der Waals surface area contributed by atoms with Crippen LogP contribution < -0.4 is 14.8 Å². The molecule has 1 unspecified atom stereocenters. The molecule has 4 nitrogen and oxygen atoms in total. The molecule has 1 N–H and O–H groups in total. The summed E-state index contributed by atoms with van der Waals surface area (Å²) in [6, 6.07) is 25.2. The van der Waals surface area contributed by atoms with E-state index in [1.54, 1.807) is 13.3 Å². The largest absolute Gasteiger partial charge is 0.493 e. The predicted octanol–water partition coefficient (Wildman–Crippen LogP) is 6.54. The van der Waals surface area contributed by atoms with Crippen molar-refractivity contribution in [3.05, 3.63) is 119 Å². The maximum Gasteiger partial charge on any atom is 0.161 e. The minimum atomic E-state index is 0.109. The van der Waals surface area contributed by atoms with E-state index in [9.17, 15) is 0 Å². The molecule has 0 saturated carbocycles. The van der Waals surface area contributed by atoms with E-state index in [0.29, 0.717) is 6.61 Å². The average Bonchev–Trinajstić information content (AvgIpc) is 2.92. The van der Waals surface area contributed by atoms with Gasteiger partial charge in [0.1, 0.15) is 6.61 Å². The highest BCUT2D eigenvalue weighted by molar-refractivity contribution is 5.68. The second-order valence-corrected chi connectivity index (χ2v) is 8.83. The molecule has 0 fully saturated rings.